The lowest BCUT2D eigenvalue weighted by Crippen LogP contribution is -2.30. The highest BCUT2D eigenvalue weighted by Gasteiger charge is 2.33. The van der Waals surface area contributed by atoms with E-state index < -0.39 is 28.6 Å². The molecule has 0 radical (unpaired) electrons. The topological polar surface area (TPSA) is 111 Å². The fourth-order valence-electron chi connectivity index (χ4n) is 4.81. The van der Waals surface area contributed by atoms with Gasteiger partial charge in [-0.2, -0.15) is 18.3 Å². The molecule has 2 amide bonds. The van der Waals surface area contributed by atoms with E-state index in [-0.39, 0.29) is 41.2 Å². The SMILES string of the molecule is O=C(CCCCO)c1cccc(C(=O)Nc2ccc(N3CCCCC3)cc2C(=O)N/N=C/c2ccc(Cl)c(C(F)(F)F)c2)c1. The molecule has 44 heavy (non-hydrogen) atoms. The Kier molecular flexibility index (Phi) is 11.1. The zero-order valence-corrected chi connectivity index (χ0v) is 24.5. The first-order valence-corrected chi connectivity index (χ1v) is 14.6. The number of carbonyl (C=O) groups is 3. The number of Topliss-reactive ketones (excluding diaryl/α,β-unsaturated/α-hetero) is 1. The van der Waals surface area contributed by atoms with Crippen LogP contribution in [0.15, 0.2) is 65.8 Å². The first kappa shape index (κ1) is 32.7. The van der Waals surface area contributed by atoms with E-state index >= 15 is 0 Å². The van der Waals surface area contributed by atoms with E-state index in [9.17, 15) is 27.6 Å². The lowest BCUT2D eigenvalue weighted by molar-refractivity contribution is -0.137. The number of hydrogen-bond acceptors (Lipinski definition) is 6. The number of halogens is 4. The third-order valence-corrected chi connectivity index (χ3v) is 7.48. The van der Waals surface area contributed by atoms with Crippen LogP contribution in [0.4, 0.5) is 24.5 Å². The molecule has 232 valence electrons. The molecule has 1 aliphatic rings. The van der Waals surface area contributed by atoms with E-state index in [4.69, 9.17) is 16.7 Å². The molecule has 3 aromatic rings. The predicted octanol–water partition coefficient (Wildman–Crippen LogP) is 6.71. The Morgan fingerprint density at radius 1 is 0.932 bits per heavy atom. The van der Waals surface area contributed by atoms with Gasteiger partial charge in [0.2, 0.25) is 0 Å². The number of piperidine rings is 1. The van der Waals surface area contributed by atoms with Gasteiger partial charge in [0.1, 0.15) is 0 Å². The first-order valence-electron chi connectivity index (χ1n) is 14.2. The van der Waals surface area contributed by atoms with E-state index in [2.05, 4.69) is 20.7 Å². The standard InChI is InChI=1S/C32H32ClF3N4O4/c33-27-12-10-21(17-26(27)32(34,35)36)20-37-39-31(44)25-19-24(40-14-3-1-4-15-40)11-13-28(25)38-30(43)23-8-6-7-22(18-23)29(42)9-2-5-16-41/h6-8,10-13,17-20,41H,1-5,9,14-16H2,(H,38,43)(H,39,44)/b37-20+. The molecule has 3 aromatic carbocycles. The summed E-state index contributed by atoms with van der Waals surface area (Å²) < 4.78 is 39.7. The monoisotopic (exact) mass is 628 g/mol. The van der Waals surface area contributed by atoms with E-state index in [1.54, 1.807) is 36.4 Å². The van der Waals surface area contributed by atoms with Crippen LogP contribution in [0.25, 0.3) is 0 Å². The Morgan fingerprint density at radius 3 is 2.41 bits per heavy atom. The number of nitrogens with one attached hydrogen (secondary N) is 2. The lowest BCUT2D eigenvalue weighted by atomic mass is 10.0. The summed E-state index contributed by atoms with van der Waals surface area (Å²) in [6.07, 6.45) is 0.789. The minimum atomic E-state index is -4.65. The number of carbonyl (C=O) groups excluding carboxylic acids is 3. The zero-order chi connectivity index (χ0) is 31.7. The maximum absolute atomic E-state index is 13.3. The number of alkyl halides is 3. The summed E-state index contributed by atoms with van der Waals surface area (Å²) in [7, 11) is 0. The van der Waals surface area contributed by atoms with Crippen LogP contribution < -0.4 is 15.6 Å². The fraction of sp³-hybridized carbons (Fsp3) is 0.312. The number of benzene rings is 3. The van der Waals surface area contributed by atoms with Crippen molar-refractivity contribution in [2.45, 2.75) is 44.7 Å². The Hall–Kier alpha value is -4.22. The molecule has 3 N–H and O–H groups in total. The van der Waals surface area contributed by atoms with E-state index in [0.29, 0.717) is 18.4 Å². The third kappa shape index (κ3) is 8.67. The number of unbranched alkanes of at least 4 members (excludes halogenated alkanes) is 1. The van der Waals surface area contributed by atoms with Crippen molar-refractivity contribution < 1.29 is 32.7 Å². The fourth-order valence-corrected chi connectivity index (χ4v) is 5.04. The molecule has 1 fully saturated rings. The molecule has 4 rings (SSSR count). The summed E-state index contributed by atoms with van der Waals surface area (Å²) in [5.74, 6) is -1.38. The lowest BCUT2D eigenvalue weighted by Gasteiger charge is -2.29. The van der Waals surface area contributed by atoms with Gasteiger partial charge < -0.3 is 15.3 Å². The van der Waals surface area contributed by atoms with Crippen LogP contribution in [0.1, 0.15) is 80.7 Å². The molecule has 0 spiro atoms. The molecule has 0 saturated carbocycles. The van der Waals surface area contributed by atoms with Gasteiger partial charge in [-0.05, 0) is 80.1 Å². The van der Waals surface area contributed by atoms with Crippen molar-refractivity contribution in [2.24, 2.45) is 5.10 Å². The number of hydrogen-bond donors (Lipinski definition) is 3. The Morgan fingerprint density at radius 2 is 1.68 bits per heavy atom. The van der Waals surface area contributed by atoms with Crippen LogP contribution >= 0.6 is 11.6 Å². The molecular weight excluding hydrogens is 597 g/mol. The molecule has 1 heterocycles. The maximum atomic E-state index is 13.3. The number of ketones is 1. The van der Waals surface area contributed by atoms with E-state index in [1.807, 2.05) is 0 Å². The molecule has 1 aliphatic heterocycles. The zero-order valence-electron chi connectivity index (χ0n) is 23.8. The van der Waals surface area contributed by atoms with Crippen LogP contribution in [0.3, 0.4) is 0 Å². The number of anilines is 2. The predicted molar refractivity (Wildman–Crippen MR) is 164 cm³/mol. The minimum absolute atomic E-state index is 0.00634. The molecule has 0 atom stereocenters. The maximum Gasteiger partial charge on any atom is 0.417 e. The van der Waals surface area contributed by atoms with Crippen LogP contribution in [-0.2, 0) is 6.18 Å². The van der Waals surface area contributed by atoms with Crippen molar-refractivity contribution in [3.63, 3.8) is 0 Å². The highest BCUT2D eigenvalue weighted by atomic mass is 35.5. The van der Waals surface area contributed by atoms with E-state index in [1.165, 1.54) is 12.1 Å². The number of aliphatic hydroxyl groups excluding tert-OH is 1. The van der Waals surface area contributed by atoms with Crippen molar-refractivity contribution in [3.05, 3.63) is 93.5 Å². The van der Waals surface area contributed by atoms with Crippen LogP contribution in [0, 0.1) is 0 Å². The number of rotatable bonds is 11. The van der Waals surface area contributed by atoms with Gasteiger partial charge in [-0.25, -0.2) is 5.43 Å². The van der Waals surface area contributed by atoms with Crippen molar-refractivity contribution in [2.75, 3.05) is 29.9 Å². The molecule has 8 nitrogen and oxygen atoms in total. The average Bonchev–Trinajstić information content (AvgIpc) is 3.02. The van der Waals surface area contributed by atoms with Crippen LogP contribution in [0.5, 0.6) is 0 Å². The summed E-state index contributed by atoms with van der Waals surface area (Å²) >= 11 is 5.68. The third-order valence-electron chi connectivity index (χ3n) is 7.15. The largest absolute Gasteiger partial charge is 0.417 e. The highest BCUT2D eigenvalue weighted by Crippen LogP contribution is 2.35. The van der Waals surface area contributed by atoms with Crippen molar-refractivity contribution in [1.82, 2.24) is 5.43 Å². The smallest absolute Gasteiger partial charge is 0.396 e. The second-order valence-corrected chi connectivity index (χ2v) is 10.8. The van der Waals surface area contributed by atoms with Crippen molar-refractivity contribution >= 4 is 46.8 Å². The second-order valence-electron chi connectivity index (χ2n) is 10.4. The van der Waals surface area contributed by atoms with Crippen LogP contribution in [0.2, 0.25) is 5.02 Å². The summed E-state index contributed by atoms with van der Waals surface area (Å²) in [4.78, 5) is 41.2. The minimum Gasteiger partial charge on any atom is -0.396 e. The normalized spacial score (nSPS) is 13.6. The molecule has 12 heteroatoms. The van der Waals surface area contributed by atoms with Crippen LogP contribution in [-0.4, -0.2) is 48.6 Å². The van der Waals surface area contributed by atoms with Gasteiger partial charge in [-0.15, -0.1) is 0 Å². The van der Waals surface area contributed by atoms with Gasteiger partial charge in [0.25, 0.3) is 11.8 Å². The first-order chi connectivity index (χ1) is 21.1. The van der Waals surface area contributed by atoms with Gasteiger partial charge >= 0.3 is 6.18 Å². The van der Waals surface area contributed by atoms with Gasteiger partial charge in [0.05, 0.1) is 28.1 Å². The van der Waals surface area contributed by atoms with Gasteiger partial charge in [0, 0.05) is 42.9 Å². The summed E-state index contributed by atoms with van der Waals surface area (Å²) in [5.41, 5.74) is 3.02. The Labute approximate surface area is 257 Å². The number of hydrazone groups is 1. The molecule has 0 aromatic heterocycles. The summed E-state index contributed by atoms with van der Waals surface area (Å²) in [6, 6.07) is 14.5. The van der Waals surface area contributed by atoms with Gasteiger partial charge in [-0.1, -0.05) is 29.8 Å². The summed E-state index contributed by atoms with van der Waals surface area (Å²) in [5, 5.41) is 15.1. The molecule has 0 aliphatic carbocycles. The Balaban J connectivity index is 1.56. The summed E-state index contributed by atoms with van der Waals surface area (Å²) in [6.45, 7) is 1.61. The Bertz CT molecular complexity index is 1540. The molecule has 0 unspecified atom stereocenters. The number of nitrogens with zero attached hydrogens (tertiary/aromatic N) is 2. The average molecular weight is 629 g/mol. The molecule has 0 bridgehead atoms. The quantitative estimate of drug-likeness (QED) is 0.0946. The molecular formula is C32H32ClF3N4O4. The van der Waals surface area contributed by atoms with Crippen molar-refractivity contribution in [3.8, 4) is 0 Å². The second kappa shape index (κ2) is 15.0. The van der Waals surface area contributed by atoms with Gasteiger partial charge in [-0.3, -0.25) is 14.4 Å². The number of aliphatic hydroxyl groups is 1. The van der Waals surface area contributed by atoms with Crippen molar-refractivity contribution in [1.29, 1.82) is 0 Å². The van der Waals surface area contributed by atoms with E-state index in [0.717, 1.165) is 56.4 Å². The van der Waals surface area contributed by atoms with Gasteiger partial charge in [0.15, 0.2) is 5.78 Å². The molecule has 1 saturated heterocycles. The number of amides is 2. The highest BCUT2D eigenvalue weighted by molar-refractivity contribution is 6.31.